The van der Waals surface area contributed by atoms with Gasteiger partial charge in [-0.2, -0.15) is 0 Å². The lowest BCUT2D eigenvalue weighted by Gasteiger charge is -1.87. The quantitative estimate of drug-likeness (QED) is 0.579. The van der Waals surface area contributed by atoms with Gasteiger partial charge in [-0.05, 0) is 6.92 Å². The van der Waals surface area contributed by atoms with Gasteiger partial charge in [0, 0.05) is 0 Å². The fourth-order valence-electron chi connectivity index (χ4n) is 1.47. The summed E-state index contributed by atoms with van der Waals surface area (Å²) in [4.78, 5) is 25.8. The van der Waals surface area contributed by atoms with Crippen LogP contribution in [0.2, 0.25) is 0 Å². The molecule has 0 radical (unpaired) electrons. The van der Waals surface area contributed by atoms with E-state index < -0.39 is 0 Å². The molecule has 0 aliphatic rings. The molecule has 0 spiro atoms. The second-order valence-corrected chi connectivity index (χ2v) is 4.19. The first kappa shape index (κ1) is 7.69. The van der Waals surface area contributed by atoms with Crippen LogP contribution in [0.3, 0.4) is 0 Å². The monoisotopic (exact) mass is 206 g/mol. The normalized spacial score (nSPS) is 11.5. The summed E-state index contributed by atoms with van der Waals surface area (Å²) in [6.45, 7) is 1.92. The van der Waals surface area contributed by atoms with E-state index in [1.165, 1.54) is 11.3 Å². The van der Waals surface area contributed by atoms with Gasteiger partial charge in [-0.25, -0.2) is 14.8 Å². The van der Waals surface area contributed by atoms with E-state index in [4.69, 9.17) is 0 Å². The molecule has 3 aromatic heterocycles. The highest BCUT2D eigenvalue weighted by atomic mass is 32.1. The molecule has 0 aliphatic heterocycles. The van der Waals surface area contributed by atoms with E-state index in [9.17, 15) is 4.79 Å². The maximum atomic E-state index is 11.1. The van der Waals surface area contributed by atoms with Crippen LogP contribution in [0.5, 0.6) is 0 Å². The molecule has 0 atom stereocenters. The van der Waals surface area contributed by atoms with E-state index in [0.717, 1.165) is 20.9 Å². The fraction of sp³-hybridized carbons (Fsp3) is 0.125. The minimum absolute atomic E-state index is 0.222. The van der Waals surface area contributed by atoms with Crippen LogP contribution in [0, 0.1) is 6.92 Å². The standard InChI is InChI=1S/C8H6N4OS/c1-3-10-6-5-4(11-8(13)12-5)2-9-7(6)14-3/h2H,1H3,(H2,11,12,13). The van der Waals surface area contributed by atoms with E-state index in [2.05, 4.69) is 19.9 Å². The Balaban J connectivity index is 2.65. The highest BCUT2D eigenvalue weighted by molar-refractivity contribution is 7.18. The van der Waals surface area contributed by atoms with Crippen LogP contribution < -0.4 is 5.69 Å². The van der Waals surface area contributed by atoms with Crippen LogP contribution in [0.15, 0.2) is 11.0 Å². The van der Waals surface area contributed by atoms with Crippen molar-refractivity contribution in [3.05, 3.63) is 21.7 Å². The fourth-order valence-corrected chi connectivity index (χ4v) is 2.24. The van der Waals surface area contributed by atoms with Crippen molar-refractivity contribution < 1.29 is 0 Å². The van der Waals surface area contributed by atoms with Crippen molar-refractivity contribution in [1.29, 1.82) is 0 Å². The molecule has 0 bridgehead atoms. The van der Waals surface area contributed by atoms with Crippen molar-refractivity contribution in [2.75, 3.05) is 0 Å². The Morgan fingerprint density at radius 1 is 1.43 bits per heavy atom. The maximum absolute atomic E-state index is 11.1. The molecule has 2 N–H and O–H groups in total. The van der Waals surface area contributed by atoms with E-state index in [-0.39, 0.29) is 5.69 Å². The summed E-state index contributed by atoms with van der Waals surface area (Å²) < 4.78 is 0. The van der Waals surface area contributed by atoms with E-state index in [0.29, 0.717) is 5.52 Å². The summed E-state index contributed by atoms with van der Waals surface area (Å²) in [5, 5.41) is 0.946. The van der Waals surface area contributed by atoms with Crippen molar-refractivity contribution in [2.24, 2.45) is 0 Å². The molecule has 0 saturated heterocycles. The van der Waals surface area contributed by atoms with Gasteiger partial charge in [0.1, 0.15) is 10.3 Å². The molecule has 0 saturated carbocycles. The average molecular weight is 206 g/mol. The number of thiazole rings is 1. The Morgan fingerprint density at radius 2 is 2.29 bits per heavy atom. The van der Waals surface area contributed by atoms with Crippen LogP contribution in [0.25, 0.3) is 21.4 Å². The first-order valence-corrected chi connectivity index (χ1v) is 4.90. The Labute approximate surface area is 81.8 Å². The molecular formula is C8H6N4OS. The molecule has 70 valence electrons. The van der Waals surface area contributed by atoms with E-state index in [1.54, 1.807) is 6.20 Å². The van der Waals surface area contributed by atoms with Gasteiger partial charge < -0.3 is 9.97 Å². The number of pyridine rings is 1. The van der Waals surface area contributed by atoms with Crippen LogP contribution in [0.1, 0.15) is 5.01 Å². The summed E-state index contributed by atoms with van der Waals surface area (Å²) in [6.07, 6.45) is 1.65. The third-order valence-corrected chi connectivity index (χ3v) is 2.90. The molecule has 0 aliphatic carbocycles. The molecule has 3 heterocycles. The SMILES string of the molecule is Cc1nc2c(ncc3[nH]c(=O)[nH]c32)s1. The van der Waals surface area contributed by atoms with Gasteiger partial charge in [-0.1, -0.05) is 11.3 Å². The molecule has 6 heteroatoms. The zero-order valence-electron chi connectivity index (χ0n) is 7.29. The molecule has 0 unspecified atom stereocenters. The van der Waals surface area contributed by atoms with Gasteiger partial charge in [0.25, 0.3) is 0 Å². The van der Waals surface area contributed by atoms with E-state index >= 15 is 0 Å². The number of hydrogen-bond acceptors (Lipinski definition) is 4. The lowest BCUT2D eigenvalue weighted by molar-refractivity contribution is 1.21. The van der Waals surface area contributed by atoms with Gasteiger partial charge in [0.2, 0.25) is 0 Å². The van der Waals surface area contributed by atoms with Gasteiger partial charge in [-0.3, -0.25) is 0 Å². The second-order valence-electron chi connectivity index (χ2n) is 3.01. The predicted molar refractivity (Wildman–Crippen MR) is 54.6 cm³/mol. The number of hydrogen-bond donors (Lipinski definition) is 2. The van der Waals surface area contributed by atoms with Gasteiger partial charge in [-0.15, -0.1) is 0 Å². The lowest BCUT2D eigenvalue weighted by atomic mass is 10.4. The predicted octanol–water partition coefficient (Wildman–Crippen LogP) is 1.17. The number of fused-ring (bicyclic) bond motifs is 3. The summed E-state index contributed by atoms with van der Waals surface area (Å²) >= 11 is 1.52. The van der Waals surface area contributed by atoms with Crippen molar-refractivity contribution >= 4 is 32.7 Å². The highest BCUT2D eigenvalue weighted by Crippen LogP contribution is 2.23. The summed E-state index contributed by atoms with van der Waals surface area (Å²) in [5.41, 5.74) is 1.99. The summed E-state index contributed by atoms with van der Waals surface area (Å²) in [7, 11) is 0. The Morgan fingerprint density at radius 3 is 3.14 bits per heavy atom. The molecule has 0 amide bonds. The van der Waals surface area contributed by atoms with Crippen molar-refractivity contribution in [3.63, 3.8) is 0 Å². The largest absolute Gasteiger partial charge is 0.323 e. The zero-order valence-corrected chi connectivity index (χ0v) is 8.10. The Bertz CT molecular complexity index is 677. The molecule has 0 aromatic carbocycles. The van der Waals surface area contributed by atoms with Crippen LogP contribution >= 0.6 is 11.3 Å². The summed E-state index contributed by atoms with van der Waals surface area (Å²) in [6, 6.07) is 0. The number of H-pyrrole nitrogens is 2. The Hall–Kier alpha value is -1.69. The molecule has 0 fully saturated rings. The third-order valence-electron chi connectivity index (χ3n) is 2.02. The molecule has 3 rings (SSSR count). The second kappa shape index (κ2) is 2.42. The molecule has 14 heavy (non-hydrogen) atoms. The maximum Gasteiger partial charge on any atom is 0.323 e. The first-order valence-electron chi connectivity index (χ1n) is 4.08. The number of nitrogens with zero attached hydrogens (tertiary/aromatic N) is 2. The smallest absolute Gasteiger partial charge is 0.304 e. The minimum atomic E-state index is -0.222. The van der Waals surface area contributed by atoms with Gasteiger partial charge in [0.05, 0.1) is 22.2 Å². The Kier molecular flexibility index (Phi) is 1.33. The van der Waals surface area contributed by atoms with Crippen LogP contribution in [-0.2, 0) is 0 Å². The molecular weight excluding hydrogens is 200 g/mol. The van der Waals surface area contributed by atoms with Crippen molar-refractivity contribution in [1.82, 2.24) is 19.9 Å². The van der Waals surface area contributed by atoms with Gasteiger partial charge in [0.15, 0.2) is 0 Å². The van der Waals surface area contributed by atoms with Gasteiger partial charge >= 0.3 is 5.69 Å². The number of imidazole rings is 1. The lowest BCUT2D eigenvalue weighted by Crippen LogP contribution is -1.99. The average Bonchev–Trinajstić information content (AvgIpc) is 2.65. The topological polar surface area (TPSA) is 74.4 Å². The number of aromatic nitrogens is 4. The van der Waals surface area contributed by atoms with Crippen LogP contribution in [-0.4, -0.2) is 19.9 Å². The number of nitrogens with one attached hydrogen (secondary N) is 2. The zero-order chi connectivity index (χ0) is 9.71. The number of rotatable bonds is 0. The first-order chi connectivity index (χ1) is 6.74. The van der Waals surface area contributed by atoms with Crippen LogP contribution in [0.4, 0.5) is 0 Å². The van der Waals surface area contributed by atoms with Crippen molar-refractivity contribution in [2.45, 2.75) is 6.92 Å². The van der Waals surface area contributed by atoms with E-state index in [1.807, 2.05) is 6.92 Å². The third kappa shape index (κ3) is 0.912. The number of aryl methyl sites for hydroxylation is 1. The number of aromatic amines is 2. The highest BCUT2D eigenvalue weighted by Gasteiger charge is 2.08. The summed E-state index contributed by atoms with van der Waals surface area (Å²) in [5.74, 6) is 0. The van der Waals surface area contributed by atoms with Crippen molar-refractivity contribution in [3.8, 4) is 0 Å². The molecule has 3 aromatic rings. The molecule has 5 nitrogen and oxygen atoms in total. The minimum Gasteiger partial charge on any atom is -0.304 e.